The van der Waals surface area contributed by atoms with Crippen molar-refractivity contribution in [2.75, 3.05) is 18.9 Å². The number of sulfonamides is 1. The summed E-state index contributed by atoms with van der Waals surface area (Å²) in [4.78, 5) is 14.6. The number of nitrogens with zero attached hydrogens (tertiary/aromatic N) is 3. The van der Waals surface area contributed by atoms with E-state index in [9.17, 15) is 18.5 Å². The highest BCUT2D eigenvalue weighted by Crippen LogP contribution is 2.34. The third kappa shape index (κ3) is 4.71. The molecule has 11 nitrogen and oxygen atoms in total. The highest BCUT2D eigenvalue weighted by molar-refractivity contribution is 7.92. The summed E-state index contributed by atoms with van der Waals surface area (Å²) in [5, 5.41) is 11.4. The molecule has 2 heterocycles. The molecule has 0 radical (unpaired) electrons. The Kier molecular flexibility index (Phi) is 6.23. The molecular weight excluding hydrogens is 464 g/mol. The van der Waals surface area contributed by atoms with E-state index in [1.54, 1.807) is 0 Å². The van der Waals surface area contributed by atoms with E-state index in [4.69, 9.17) is 14.2 Å². The van der Waals surface area contributed by atoms with Crippen molar-refractivity contribution < 1.29 is 27.6 Å². The number of benzene rings is 2. The molecule has 4 aromatic rings. The summed E-state index contributed by atoms with van der Waals surface area (Å²) in [7, 11) is -1.51. The SMILES string of the molecule is COc1ccc(S(=O)(=O)Nc2ccc(OC)c(OCc3cn4ccccc4n3)c2)c([N+](=O)[O-])c1. The monoisotopic (exact) mass is 484 g/mol. The average molecular weight is 484 g/mol. The lowest BCUT2D eigenvalue weighted by molar-refractivity contribution is -0.387. The van der Waals surface area contributed by atoms with Crippen LogP contribution in [-0.2, 0) is 16.6 Å². The van der Waals surface area contributed by atoms with Crippen LogP contribution in [0.2, 0.25) is 0 Å². The third-order valence-corrected chi connectivity index (χ3v) is 6.29. The second kappa shape index (κ2) is 9.27. The van der Waals surface area contributed by atoms with Crippen molar-refractivity contribution in [1.82, 2.24) is 9.38 Å². The summed E-state index contributed by atoms with van der Waals surface area (Å²) in [5.74, 6) is 0.809. The predicted molar refractivity (Wildman–Crippen MR) is 123 cm³/mol. The van der Waals surface area contributed by atoms with E-state index in [1.165, 1.54) is 38.5 Å². The van der Waals surface area contributed by atoms with Gasteiger partial charge in [0, 0.05) is 18.5 Å². The Balaban J connectivity index is 1.59. The molecule has 4 rings (SSSR count). The molecule has 0 bridgehead atoms. The fraction of sp³-hybridized carbons (Fsp3) is 0.136. The summed E-state index contributed by atoms with van der Waals surface area (Å²) in [6.07, 6.45) is 3.68. The molecule has 0 unspecified atom stereocenters. The Labute approximate surface area is 194 Å². The maximum absolute atomic E-state index is 12.9. The van der Waals surface area contributed by atoms with E-state index in [-0.39, 0.29) is 23.8 Å². The Hall–Kier alpha value is -4.32. The smallest absolute Gasteiger partial charge is 0.293 e. The number of rotatable bonds is 9. The minimum Gasteiger partial charge on any atom is -0.497 e. The first-order valence-corrected chi connectivity index (χ1v) is 11.4. The molecule has 0 aliphatic heterocycles. The van der Waals surface area contributed by atoms with Gasteiger partial charge in [-0.25, -0.2) is 13.4 Å². The Morgan fingerprint density at radius 1 is 1.06 bits per heavy atom. The molecule has 34 heavy (non-hydrogen) atoms. The number of nitro groups is 1. The van der Waals surface area contributed by atoms with Gasteiger partial charge in [0.15, 0.2) is 16.4 Å². The number of pyridine rings is 1. The van der Waals surface area contributed by atoms with E-state index in [1.807, 2.05) is 35.0 Å². The second-order valence-electron chi connectivity index (χ2n) is 7.05. The van der Waals surface area contributed by atoms with Gasteiger partial charge in [0.2, 0.25) is 0 Å². The number of hydrogen-bond donors (Lipinski definition) is 1. The summed E-state index contributed by atoms with van der Waals surface area (Å²) in [6, 6.07) is 13.5. The van der Waals surface area contributed by atoms with Crippen LogP contribution >= 0.6 is 0 Å². The van der Waals surface area contributed by atoms with Gasteiger partial charge in [0.05, 0.1) is 36.6 Å². The van der Waals surface area contributed by atoms with Crippen molar-refractivity contribution in [1.29, 1.82) is 0 Å². The zero-order valence-electron chi connectivity index (χ0n) is 18.2. The van der Waals surface area contributed by atoms with Crippen LogP contribution in [0.5, 0.6) is 17.2 Å². The Morgan fingerprint density at radius 2 is 1.88 bits per heavy atom. The zero-order valence-corrected chi connectivity index (χ0v) is 19.0. The normalized spacial score (nSPS) is 11.2. The lowest BCUT2D eigenvalue weighted by Gasteiger charge is -2.13. The largest absolute Gasteiger partial charge is 0.497 e. The minimum atomic E-state index is -4.29. The maximum Gasteiger partial charge on any atom is 0.293 e. The molecule has 0 atom stereocenters. The topological polar surface area (TPSA) is 134 Å². The van der Waals surface area contributed by atoms with E-state index in [0.717, 1.165) is 17.8 Å². The average Bonchev–Trinajstić information content (AvgIpc) is 3.25. The van der Waals surface area contributed by atoms with E-state index in [2.05, 4.69) is 9.71 Å². The molecule has 0 spiro atoms. The summed E-state index contributed by atoms with van der Waals surface area (Å²) < 4.78 is 46.2. The van der Waals surface area contributed by atoms with Gasteiger partial charge in [-0.05, 0) is 36.4 Å². The first kappa shape index (κ1) is 22.9. The number of imidazole rings is 1. The van der Waals surface area contributed by atoms with Crippen molar-refractivity contribution in [3.63, 3.8) is 0 Å². The van der Waals surface area contributed by atoms with Gasteiger partial charge >= 0.3 is 0 Å². The van der Waals surface area contributed by atoms with Crippen molar-refractivity contribution in [3.05, 3.63) is 82.8 Å². The van der Waals surface area contributed by atoms with Gasteiger partial charge in [0.25, 0.3) is 15.7 Å². The fourth-order valence-corrected chi connectivity index (χ4v) is 4.47. The number of anilines is 1. The zero-order chi connectivity index (χ0) is 24.3. The molecule has 1 N–H and O–H groups in total. The molecule has 2 aromatic heterocycles. The number of fused-ring (bicyclic) bond motifs is 1. The van der Waals surface area contributed by atoms with Crippen LogP contribution in [0.4, 0.5) is 11.4 Å². The molecule has 0 saturated heterocycles. The van der Waals surface area contributed by atoms with Crippen LogP contribution < -0.4 is 18.9 Å². The number of nitro benzene ring substituents is 1. The molecule has 176 valence electrons. The number of hydrogen-bond acceptors (Lipinski definition) is 8. The van der Waals surface area contributed by atoms with E-state index >= 15 is 0 Å². The van der Waals surface area contributed by atoms with Gasteiger partial charge in [-0.3, -0.25) is 14.8 Å². The van der Waals surface area contributed by atoms with E-state index in [0.29, 0.717) is 11.4 Å². The van der Waals surface area contributed by atoms with Crippen LogP contribution in [0.3, 0.4) is 0 Å². The quantitative estimate of drug-likeness (QED) is 0.281. The summed E-state index contributed by atoms with van der Waals surface area (Å²) in [6.45, 7) is 0.109. The molecule has 0 fully saturated rings. The van der Waals surface area contributed by atoms with E-state index < -0.39 is 25.5 Å². The molecule has 12 heteroatoms. The molecule has 0 aliphatic rings. The van der Waals surface area contributed by atoms with Crippen LogP contribution in [-0.4, -0.2) is 36.9 Å². The molecule has 2 aromatic carbocycles. The van der Waals surface area contributed by atoms with Crippen LogP contribution in [0.1, 0.15) is 5.69 Å². The highest BCUT2D eigenvalue weighted by atomic mass is 32.2. The predicted octanol–water partition coefficient (Wildman–Crippen LogP) is 3.64. The molecule has 0 aliphatic carbocycles. The maximum atomic E-state index is 12.9. The summed E-state index contributed by atoms with van der Waals surface area (Å²) >= 11 is 0. The standard InChI is InChI=1S/C22H20N4O7S/c1-31-17-7-9-21(18(12-17)26(27)28)34(29,30)24-15-6-8-19(32-2)20(11-15)33-14-16-13-25-10-4-3-5-22(25)23-16/h3-13,24H,14H2,1-2H3. The number of nitrogens with one attached hydrogen (secondary N) is 1. The van der Waals surface area contributed by atoms with Crippen LogP contribution in [0.25, 0.3) is 5.65 Å². The molecule has 0 amide bonds. The minimum absolute atomic E-state index is 0.109. The fourth-order valence-electron chi connectivity index (χ4n) is 3.27. The van der Waals surface area contributed by atoms with Gasteiger partial charge in [0.1, 0.15) is 18.0 Å². The lowest BCUT2D eigenvalue weighted by atomic mass is 10.3. The number of ether oxygens (including phenoxy) is 3. The molecule has 0 saturated carbocycles. The van der Waals surface area contributed by atoms with Crippen molar-refractivity contribution >= 4 is 27.0 Å². The van der Waals surface area contributed by atoms with Crippen molar-refractivity contribution in [2.24, 2.45) is 0 Å². The van der Waals surface area contributed by atoms with Gasteiger partial charge in [-0.1, -0.05) is 6.07 Å². The highest BCUT2D eigenvalue weighted by Gasteiger charge is 2.27. The Morgan fingerprint density at radius 3 is 2.59 bits per heavy atom. The first-order valence-electron chi connectivity index (χ1n) is 9.89. The van der Waals surface area contributed by atoms with Crippen LogP contribution in [0, 0.1) is 10.1 Å². The Bertz CT molecular complexity index is 1430. The second-order valence-corrected chi connectivity index (χ2v) is 8.70. The lowest BCUT2D eigenvalue weighted by Crippen LogP contribution is -2.15. The number of aromatic nitrogens is 2. The van der Waals surface area contributed by atoms with Crippen molar-refractivity contribution in [2.45, 2.75) is 11.5 Å². The van der Waals surface area contributed by atoms with Gasteiger partial charge in [-0.2, -0.15) is 0 Å². The summed E-state index contributed by atoms with van der Waals surface area (Å²) in [5.41, 5.74) is 0.948. The van der Waals surface area contributed by atoms with Gasteiger partial charge in [-0.15, -0.1) is 0 Å². The third-order valence-electron chi connectivity index (χ3n) is 4.86. The van der Waals surface area contributed by atoms with Gasteiger partial charge < -0.3 is 18.6 Å². The molecular formula is C22H20N4O7S. The number of methoxy groups -OCH3 is 2. The van der Waals surface area contributed by atoms with Crippen LogP contribution in [0.15, 0.2) is 71.9 Å². The van der Waals surface area contributed by atoms with Crippen molar-refractivity contribution in [3.8, 4) is 17.2 Å². The first-order chi connectivity index (χ1) is 16.3.